The van der Waals surface area contributed by atoms with Crippen molar-refractivity contribution < 1.29 is 9.90 Å². The molecule has 0 bridgehead atoms. The summed E-state index contributed by atoms with van der Waals surface area (Å²) in [4.78, 5) is 13.0. The van der Waals surface area contributed by atoms with Gasteiger partial charge in [-0.05, 0) is 23.4 Å². The van der Waals surface area contributed by atoms with Gasteiger partial charge in [0, 0.05) is 5.69 Å². The Morgan fingerprint density at radius 1 is 1.53 bits per heavy atom. The molecule has 0 aliphatic heterocycles. The Balaban J connectivity index is 2.22. The van der Waals surface area contributed by atoms with E-state index in [0.717, 1.165) is 0 Å². The molecule has 17 heavy (non-hydrogen) atoms. The van der Waals surface area contributed by atoms with Gasteiger partial charge in [0.1, 0.15) is 5.75 Å². The minimum atomic E-state index is -0.508. The number of phenolic OH excluding ortho intramolecular Hbond substituents is 1. The molecule has 88 valence electrons. The number of anilines is 2. The molecular weight excluding hydrogens is 224 g/mol. The number of hydrogen-bond acceptors (Lipinski definition) is 6. The fraction of sp³-hybridized carbons (Fsp3) is 0.111. The van der Waals surface area contributed by atoms with Gasteiger partial charge in [-0.1, -0.05) is 5.10 Å². The van der Waals surface area contributed by atoms with E-state index in [2.05, 4.69) is 20.7 Å². The van der Waals surface area contributed by atoms with Gasteiger partial charge >= 0.3 is 0 Å². The molecule has 1 aromatic heterocycles. The number of tetrazole rings is 1. The molecule has 8 nitrogen and oxygen atoms in total. The third kappa shape index (κ3) is 2.30. The SMILES string of the molecule is Cn1nnc(NC(=O)c2cc(O)ccc2N)n1. The van der Waals surface area contributed by atoms with E-state index in [1.165, 1.54) is 23.0 Å². The van der Waals surface area contributed by atoms with Crippen molar-refractivity contribution in [1.82, 2.24) is 20.2 Å². The first-order chi connectivity index (χ1) is 8.06. The van der Waals surface area contributed by atoms with E-state index in [4.69, 9.17) is 5.73 Å². The molecule has 1 aromatic carbocycles. The maximum Gasteiger partial charge on any atom is 0.270 e. The van der Waals surface area contributed by atoms with Gasteiger partial charge < -0.3 is 10.8 Å². The Hall–Kier alpha value is -2.64. The van der Waals surface area contributed by atoms with Crippen LogP contribution >= 0.6 is 0 Å². The molecule has 0 aliphatic rings. The molecule has 0 fully saturated rings. The fourth-order valence-electron chi connectivity index (χ4n) is 1.24. The number of nitrogens with one attached hydrogen (secondary N) is 1. The van der Waals surface area contributed by atoms with Crippen LogP contribution in [-0.2, 0) is 7.05 Å². The molecular formula is C9H10N6O2. The highest BCUT2D eigenvalue weighted by Gasteiger charge is 2.13. The maximum absolute atomic E-state index is 11.8. The Labute approximate surface area is 96.0 Å². The highest BCUT2D eigenvalue weighted by atomic mass is 16.3. The molecule has 8 heteroatoms. The molecule has 1 amide bonds. The Kier molecular flexibility index (Phi) is 2.61. The molecule has 0 spiro atoms. The van der Waals surface area contributed by atoms with Crippen LogP contribution < -0.4 is 11.1 Å². The van der Waals surface area contributed by atoms with Gasteiger partial charge in [0.15, 0.2) is 0 Å². The summed E-state index contributed by atoms with van der Waals surface area (Å²) >= 11 is 0. The van der Waals surface area contributed by atoms with E-state index < -0.39 is 5.91 Å². The quantitative estimate of drug-likeness (QED) is 0.487. The van der Waals surface area contributed by atoms with Gasteiger partial charge in [0.25, 0.3) is 11.9 Å². The first kappa shape index (κ1) is 10.9. The zero-order valence-electron chi connectivity index (χ0n) is 8.95. The highest BCUT2D eigenvalue weighted by molar-refractivity contribution is 6.07. The van der Waals surface area contributed by atoms with Crippen LogP contribution in [0.3, 0.4) is 0 Å². The van der Waals surface area contributed by atoms with E-state index >= 15 is 0 Å². The minimum Gasteiger partial charge on any atom is -0.508 e. The molecule has 0 saturated heterocycles. The van der Waals surface area contributed by atoms with Gasteiger partial charge in [0.05, 0.1) is 12.6 Å². The average molecular weight is 234 g/mol. The number of phenols is 1. The molecule has 0 saturated carbocycles. The van der Waals surface area contributed by atoms with Crippen LogP contribution in [0, 0.1) is 0 Å². The van der Waals surface area contributed by atoms with Crippen LogP contribution in [-0.4, -0.2) is 31.2 Å². The molecule has 0 aliphatic carbocycles. The summed E-state index contributed by atoms with van der Waals surface area (Å²) in [5.41, 5.74) is 6.02. The minimum absolute atomic E-state index is 0.0449. The number of carbonyl (C=O) groups excluding carboxylic acids is 1. The zero-order valence-corrected chi connectivity index (χ0v) is 8.95. The predicted octanol–water partition coefficient (Wildman–Crippen LogP) is -0.250. The van der Waals surface area contributed by atoms with Gasteiger partial charge in [-0.15, -0.1) is 5.10 Å². The van der Waals surface area contributed by atoms with Crippen molar-refractivity contribution >= 4 is 17.5 Å². The molecule has 1 heterocycles. The van der Waals surface area contributed by atoms with Gasteiger partial charge in [0.2, 0.25) is 0 Å². The number of amides is 1. The summed E-state index contributed by atoms with van der Waals surface area (Å²) in [6.45, 7) is 0. The first-order valence-corrected chi connectivity index (χ1v) is 4.70. The lowest BCUT2D eigenvalue weighted by Gasteiger charge is -2.04. The number of aromatic hydroxyl groups is 1. The van der Waals surface area contributed by atoms with Crippen molar-refractivity contribution in [2.75, 3.05) is 11.1 Å². The van der Waals surface area contributed by atoms with Crippen LogP contribution in [0.5, 0.6) is 5.75 Å². The summed E-state index contributed by atoms with van der Waals surface area (Å²) in [5, 5.41) is 22.6. The van der Waals surface area contributed by atoms with E-state index in [0.29, 0.717) is 0 Å². The summed E-state index contributed by atoms with van der Waals surface area (Å²) in [7, 11) is 1.57. The van der Waals surface area contributed by atoms with Crippen molar-refractivity contribution in [3.8, 4) is 5.75 Å². The number of aromatic nitrogens is 4. The van der Waals surface area contributed by atoms with Crippen LogP contribution in [0.2, 0.25) is 0 Å². The molecule has 4 N–H and O–H groups in total. The second kappa shape index (κ2) is 4.08. The van der Waals surface area contributed by atoms with Crippen molar-refractivity contribution in [2.24, 2.45) is 7.05 Å². The topological polar surface area (TPSA) is 119 Å². The number of nitrogens with two attached hydrogens (primary N) is 1. The fourth-order valence-corrected chi connectivity index (χ4v) is 1.24. The highest BCUT2D eigenvalue weighted by Crippen LogP contribution is 2.19. The number of nitrogen functional groups attached to an aromatic ring is 1. The lowest BCUT2D eigenvalue weighted by Crippen LogP contribution is -2.15. The summed E-state index contributed by atoms with van der Waals surface area (Å²) in [6, 6.07) is 4.10. The normalized spacial score (nSPS) is 10.2. The number of hydrogen-bond donors (Lipinski definition) is 3. The van der Waals surface area contributed by atoms with E-state index in [-0.39, 0.29) is 22.9 Å². The second-order valence-corrected chi connectivity index (χ2v) is 3.33. The third-order valence-corrected chi connectivity index (χ3v) is 2.02. The maximum atomic E-state index is 11.8. The number of rotatable bonds is 2. The molecule has 2 aromatic rings. The van der Waals surface area contributed by atoms with E-state index in [1.54, 1.807) is 7.05 Å². The third-order valence-electron chi connectivity index (χ3n) is 2.02. The predicted molar refractivity (Wildman–Crippen MR) is 59.3 cm³/mol. The van der Waals surface area contributed by atoms with Crippen molar-refractivity contribution in [3.05, 3.63) is 23.8 Å². The number of benzene rings is 1. The summed E-state index contributed by atoms with van der Waals surface area (Å²) in [6.07, 6.45) is 0. The van der Waals surface area contributed by atoms with E-state index in [1.807, 2.05) is 0 Å². The lowest BCUT2D eigenvalue weighted by atomic mass is 10.1. The van der Waals surface area contributed by atoms with Crippen molar-refractivity contribution in [3.63, 3.8) is 0 Å². The summed E-state index contributed by atoms with van der Waals surface area (Å²) < 4.78 is 0. The zero-order chi connectivity index (χ0) is 12.4. The van der Waals surface area contributed by atoms with Crippen LogP contribution in [0.4, 0.5) is 11.6 Å². The van der Waals surface area contributed by atoms with Crippen molar-refractivity contribution in [2.45, 2.75) is 0 Å². The summed E-state index contributed by atoms with van der Waals surface area (Å²) in [5.74, 6) is -0.483. The number of carbonyl (C=O) groups is 1. The average Bonchev–Trinajstić information content (AvgIpc) is 2.67. The monoisotopic (exact) mass is 234 g/mol. The lowest BCUT2D eigenvalue weighted by molar-refractivity contribution is 0.102. The smallest absolute Gasteiger partial charge is 0.270 e. The largest absolute Gasteiger partial charge is 0.508 e. The Morgan fingerprint density at radius 3 is 2.94 bits per heavy atom. The van der Waals surface area contributed by atoms with Gasteiger partial charge in [-0.3, -0.25) is 10.1 Å². The number of nitrogens with zero attached hydrogens (tertiary/aromatic N) is 4. The van der Waals surface area contributed by atoms with Crippen LogP contribution in [0.25, 0.3) is 0 Å². The standard InChI is InChI=1S/C9H10N6O2/c1-15-13-9(12-14-15)11-8(17)6-4-5(16)2-3-7(6)10/h2-4,16H,10H2,1H3,(H,11,13,17). The van der Waals surface area contributed by atoms with E-state index in [9.17, 15) is 9.90 Å². The molecule has 0 atom stereocenters. The molecule has 0 radical (unpaired) electrons. The number of aryl methyl sites for hydroxylation is 1. The molecule has 0 unspecified atom stereocenters. The second-order valence-electron chi connectivity index (χ2n) is 3.33. The van der Waals surface area contributed by atoms with Gasteiger partial charge in [-0.2, -0.15) is 4.80 Å². The molecule has 2 rings (SSSR count). The van der Waals surface area contributed by atoms with Crippen LogP contribution in [0.15, 0.2) is 18.2 Å². The van der Waals surface area contributed by atoms with Crippen molar-refractivity contribution in [1.29, 1.82) is 0 Å². The van der Waals surface area contributed by atoms with Crippen LogP contribution in [0.1, 0.15) is 10.4 Å². The Morgan fingerprint density at radius 2 is 2.29 bits per heavy atom. The Bertz CT molecular complexity index is 564. The first-order valence-electron chi connectivity index (χ1n) is 4.70. The van der Waals surface area contributed by atoms with Gasteiger partial charge in [-0.25, -0.2) is 0 Å².